The molecule has 1 aliphatic carbocycles. The molecule has 26 heteroatoms. The van der Waals surface area contributed by atoms with Gasteiger partial charge in [0.15, 0.2) is 13.1 Å². The summed E-state index contributed by atoms with van der Waals surface area (Å²) in [7, 11) is -5.81. The van der Waals surface area contributed by atoms with Crippen molar-refractivity contribution in [2.45, 2.75) is 81.9 Å². The van der Waals surface area contributed by atoms with E-state index in [1.165, 1.54) is 18.2 Å². The standard InChI is InChI=1S/C58H85N3O21S2/c1-57(2,3)49-43-46(10-7-11-53-58(4,19-8-12-56(64)82-61-54(62)17-18-55(61)63)50-44-47(84(68,69)70)14-16-51(50)60(53)20-9-41-83(65,66)67)81-52-42-45(13-15-48(49)52)59(21-23-73-29-31-77-37-39-79-35-33-75-27-25-71-5)22-24-74-30-32-78-38-40-80-36-34-76-28-26-72-6/h7,10-11,13-16,42-44H,8-9,12,17-41H2,1-6H3,(H-,65,66,67,68,69,70)/p+1. The summed E-state index contributed by atoms with van der Waals surface area (Å²) in [6.45, 7) is 17.2. The van der Waals surface area contributed by atoms with Crippen LogP contribution in [-0.2, 0) is 97.7 Å². The minimum Gasteiger partial charge on any atom is -0.456 e. The Bertz CT molecular complexity index is 2840. The van der Waals surface area contributed by atoms with Gasteiger partial charge in [-0.2, -0.15) is 16.8 Å². The lowest BCUT2D eigenvalue weighted by Crippen LogP contribution is -2.36. The average molecular weight is 1230 g/mol. The summed E-state index contributed by atoms with van der Waals surface area (Å²) in [4.78, 5) is 43.9. The van der Waals surface area contributed by atoms with E-state index in [1.807, 2.05) is 36.1 Å². The second-order valence-electron chi connectivity index (χ2n) is 21.0. The summed E-state index contributed by atoms with van der Waals surface area (Å²) in [5, 5.41) is 1.33. The lowest BCUT2D eigenvalue weighted by atomic mass is 9.77. The van der Waals surface area contributed by atoms with Gasteiger partial charge in [0.1, 0.15) is 24.7 Å². The molecule has 84 heavy (non-hydrogen) atoms. The highest BCUT2D eigenvalue weighted by Crippen LogP contribution is 2.51. The first-order chi connectivity index (χ1) is 40.2. The fourth-order valence-electron chi connectivity index (χ4n) is 9.35. The Morgan fingerprint density at radius 2 is 1.20 bits per heavy atom. The number of benzene rings is 2. The van der Waals surface area contributed by atoms with E-state index in [0.717, 1.165) is 16.5 Å². The summed E-state index contributed by atoms with van der Waals surface area (Å²) in [6, 6.07) is 12.1. The Hall–Kier alpha value is -5.04. The first-order valence-corrected chi connectivity index (χ1v) is 31.3. The van der Waals surface area contributed by atoms with Crippen LogP contribution in [-0.4, -0.2) is 207 Å². The maximum Gasteiger partial charge on any atom is 0.333 e. The van der Waals surface area contributed by atoms with Crippen molar-refractivity contribution in [1.29, 1.82) is 0 Å². The van der Waals surface area contributed by atoms with Gasteiger partial charge in [-0.05, 0) is 85.2 Å². The summed E-state index contributed by atoms with van der Waals surface area (Å²) in [5.74, 6) is -1.56. The van der Waals surface area contributed by atoms with Crippen molar-refractivity contribution < 1.29 is 96.9 Å². The SMILES string of the molecule is COCCOCCOCCOCCOCC[N+](CCOCCOCCOCCOCCOC)=c1ccc2c(C(C)(C)C)cc(/C=C/C=C3/N(CCCS(=O)(=O)O)c4ccc(S(=O)(=O)O)cc4C3(C)CCCC(=O)ON3C(=O)CCC3=O)oc-2c1. The Kier molecular flexibility index (Phi) is 29.5. The first-order valence-electron chi connectivity index (χ1n) is 28.2. The highest BCUT2D eigenvalue weighted by Gasteiger charge is 2.44. The molecule has 1 atom stereocenters. The lowest BCUT2D eigenvalue weighted by molar-refractivity contribution is -0.197. The van der Waals surface area contributed by atoms with E-state index >= 15 is 0 Å². The van der Waals surface area contributed by atoms with Crippen LogP contribution in [0.15, 0.2) is 69.6 Å². The number of methoxy groups -OCH3 is 2. The largest absolute Gasteiger partial charge is 0.456 e. The fourth-order valence-corrected chi connectivity index (χ4v) is 10.3. The van der Waals surface area contributed by atoms with E-state index < -0.39 is 49.2 Å². The van der Waals surface area contributed by atoms with Gasteiger partial charge in [0.25, 0.3) is 32.1 Å². The number of fused-ring (bicyclic) bond motifs is 2. The smallest absolute Gasteiger partial charge is 0.333 e. The molecule has 1 fully saturated rings. The van der Waals surface area contributed by atoms with Gasteiger partial charge in [0, 0.05) is 68.5 Å². The molecule has 24 nitrogen and oxygen atoms in total. The molecule has 0 spiro atoms. The van der Waals surface area contributed by atoms with E-state index in [2.05, 4.69) is 25.3 Å². The number of anilines is 1. The molecule has 2 N–H and O–H groups in total. The molecule has 4 aliphatic rings. The Morgan fingerprint density at radius 3 is 1.69 bits per heavy atom. The van der Waals surface area contributed by atoms with Crippen LogP contribution in [0.2, 0.25) is 0 Å². The van der Waals surface area contributed by atoms with Crippen molar-refractivity contribution in [2.24, 2.45) is 0 Å². The van der Waals surface area contributed by atoms with Crippen molar-refractivity contribution in [3.8, 4) is 11.3 Å². The minimum atomic E-state index is -4.69. The van der Waals surface area contributed by atoms with Crippen molar-refractivity contribution in [2.75, 3.05) is 163 Å². The van der Waals surface area contributed by atoms with Gasteiger partial charge in [-0.25, -0.2) is 9.37 Å². The molecule has 5 rings (SSSR count). The van der Waals surface area contributed by atoms with E-state index in [9.17, 15) is 40.3 Å². The highest BCUT2D eigenvalue weighted by atomic mass is 32.2. The predicted molar refractivity (Wildman–Crippen MR) is 309 cm³/mol. The minimum absolute atomic E-state index is 0.0259. The van der Waals surface area contributed by atoms with Crippen LogP contribution < -0.4 is 14.8 Å². The number of imide groups is 1. The number of nitrogens with zero attached hydrogens (tertiary/aromatic N) is 3. The lowest BCUT2D eigenvalue weighted by Gasteiger charge is -2.30. The maximum atomic E-state index is 13.0. The first kappa shape index (κ1) is 69.7. The molecule has 0 saturated carbocycles. The van der Waals surface area contributed by atoms with Gasteiger partial charge in [0.2, 0.25) is 5.36 Å². The normalized spacial score (nSPS) is 16.3. The van der Waals surface area contributed by atoms with Gasteiger partial charge < -0.3 is 61.5 Å². The van der Waals surface area contributed by atoms with Crippen LogP contribution in [0.5, 0.6) is 0 Å². The molecular formula is C58H86N3O21S2+. The predicted octanol–water partition coefficient (Wildman–Crippen LogP) is 4.86. The van der Waals surface area contributed by atoms with Crippen molar-refractivity contribution in [3.05, 3.63) is 82.6 Å². The second-order valence-corrected chi connectivity index (χ2v) is 23.9. The van der Waals surface area contributed by atoms with Crippen molar-refractivity contribution >= 4 is 49.8 Å². The fraction of sp³-hybridized carbons (Fsp3) is 0.621. The maximum absolute atomic E-state index is 13.0. The number of amides is 2. The number of carbonyl (C=O) groups excluding carboxylic acids is 3. The zero-order valence-corrected chi connectivity index (χ0v) is 51.0. The molecule has 1 unspecified atom stereocenters. The molecule has 2 amide bonds. The van der Waals surface area contributed by atoms with Crippen LogP contribution >= 0.6 is 0 Å². The molecule has 3 heterocycles. The Morgan fingerprint density at radius 1 is 0.690 bits per heavy atom. The molecule has 0 bridgehead atoms. The van der Waals surface area contributed by atoms with Gasteiger partial charge in [0.05, 0.1) is 122 Å². The third-order valence-electron chi connectivity index (χ3n) is 13.6. The summed E-state index contributed by atoms with van der Waals surface area (Å²) in [5.41, 5.74) is 1.98. The van der Waals surface area contributed by atoms with Crippen molar-refractivity contribution in [1.82, 2.24) is 9.64 Å². The summed E-state index contributed by atoms with van der Waals surface area (Å²) < 4.78 is 133. The summed E-state index contributed by atoms with van der Waals surface area (Å²) >= 11 is 0. The van der Waals surface area contributed by atoms with Crippen molar-refractivity contribution in [3.63, 3.8) is 0 Å². The molecule has 0 radical (unpaired) electrons. The molecule has 470 valence electrons. The highest BCUT2D eigenvalue weighted by molar-refractivity contribution is 7.86. The molecule has 3 aliphatic heterocycles. The number of allylic oxidation sites excluding steroid dienone is 3. The molecular weight excluding hydrogens is 1140 g/mol. The zero-order chi connectivity index (χ0) is 61.0. The number of ether oxygens (including phenoxy) is 10. The number of hydrogen-bond acceptors (Lipinski definition) is 20. The van der Waals surface area contributed by atoms with Gasteiger partial charge in [-0.3, -0.25) is 18.7 Å². The average Bonchev–Trinajstić information content (AvgIpc) is 4.02. The monoisotopic (exact) mass is 1220 g/mol. The van der Waals surface area contributed by atoms with Crippen LogP contribution in [0.25, 0.3) is 17.4 Å². The van der Waals surface area contributed by atoms with Gasteiger partial charge >= 0.3 is 5.97 Å². The molecule has 1 aromatic carbocycles. The van der Waals surface area contributed by atoms with Gasteiger partial charge in [-0.15, -0.1) is 5.06 Å². The number of carbonyl (C=O) groups is 3. The van der Waals surface area contributed by atoms with E-state index in [1.54, 1.807) is 32.4 Å². The third kappa shape index (κ3) is 23.3. The summed E-state index contributed by atoms with van der Waals surface area (Å²) in [6.07, 6.45) is 5.23. The van der Waals surface area contributed by atoms with Crippen LogP contribution in [0.4, 0.5) is 5.69 Å². The third-order valence-corrected chi connectivity index (χ3v) is 15.3. The Balaban J connectivity index is 1.40. The van der Waals surface area contributed by atoms with E-state index in [0.29, 0.717) is 166 Å². The molecule has 1 aromatic rings. The van der Waals surface area contributed by atoms with Crippen LogP contribution in [0.1, 0.15) is 83.1 Å². The quantitative estimate of drug-likeness (QED) is 0.0331. The second kappa shape index (κ2) is 35.6. The number of hydrogen-bond donors (Lipinski definition) is 2. The number of hydroxylamine groups is 2. The van der Waals surface area contributed by atoms with Crippen LogP contribution in [0.3, 0.4) is 0 Å². The zero-order valence-electron chi connectivity index (χ0n) is 49.4. The number of rotatable bonds is 42. The topological polar surface area (TPSA) is 284 Å². The Labute approximate surface area is 493 Å². The molecule has 1 saturated heterocycles. The van der Waals surface area contributed by atoms with Crippen LogP contribution in [0, 0.1) is 0 Å². The van der Waals surface area contributed by atoms with E-state index in [-0.39, 0.29) is 55.4 Å². The van der Waals surface area contributed by atoms with E-state index in [4.69, 9.17) is 56.6 Å². The molecule has 0 aromatic heterocycles. The van der Waals surface area contributed by atoms with Gasteiger partial charge in [-0.1, -0.05) is 26.8 Å².